The minimum Gasteiger partial charge on any atom is -0.504 e. The lowest BCUT2D eigenvalue weighted by molar-refractivity contribution is -0.145. The van der Waals surface area contributed by atoms with Gasteiger partial charge in [0.1, 0.15) is 0 Å². The summed E-state index contributed by atoms with van der Waals surface area (Å²) in [5, 5.41) is 9.85. The predicted octanol–water partition coefficient (Wildman–Crippen LogP) is 6.80. The van der Waals surface area contributed by atoms with E-state index < -0.39 is 0 Å². The van der Waals surface area contributed by atoms with Gasteiger partial charge in [-0.05, 0) is 68.1 Å². The molecule has 5 nitrogen and oxygen atoms in total. The molecule has 0 aliphatic rings. The normalized spacial score (nSPS) is 11.7. The summed E-state index contributed by atoms with van der Waals surface area (Å²) >= 11 is 0. The molecular weight excluding hydrogens is 414 g/mol. The summed E-state index contributed by atoms with van der Waals surface area (Å²) in [6.07, 6.45) is 14.6. The van der Waals surface area contributed by atoms with Crippen molar-refractivity contribution in [1.82, 2.24) is 4.90 Å². The lowest BCUT2D eigenvalue weighted by atomic mass is 10.1. The van der Waals surface area contributed by atoms with E-state index in [2.05, 4.69) is 52.0 Å². The largest absolute Gasteiger partial charge is 0.504 e. The molecule has 0 saturated heterocycles. The van der Waals surface area contributed by atoms with Crippen molar-refractivity contribution < 1.29 is 19.4 Å². The molecule has 1 rings (SSSR count). The zero-order valence-electron chi connectivity index (χ0n) is 21.2. The Balaban J connectivity index is 2.72. The standard InChI is InChI=1S/C28H43NO4/c1-22(2)14-10-6-8-12-16-27(31)29(21-24-18-19-25(30)26(20-24)33-5)28(32)17-13-9-7-11-15-23(3)4/h10-11,14-15,18-20,22-23,30H,6-9,12-13,16-17,21H2,1-5H3/b14-10+,15-11+. The Bertz CT molecular complexity index is 742. The second kappa shape index (κ2) is 16.1. The van der Waals surface area contributed by atoms with Gasteiger partial charge in [0.25, 0.3) is 0 Å². The van der Waals surface area contributed by atoms with Crippen LogP contribution < -0.4 is 4.74 Å². The van der Waals surface area contributed by atoms with Gasteiger partial charge in [0.05, 0.1) is 13.7 Å². The average molecular weight is 458 g/mol. The third-order valence-electron chi connectivity index (χ3n) is 5.25. The van der Waals surface area contributed by atoms with Crippen LogP contribution >= 0.6 is 0 Å². The Morgan fingerprint density at radius 1 is 0.909 bits per heavy atom. The first-order valence-electron chi connectivity index (χ1n) is 12.3. The SMILES string of the molecule is COc1cc(CN(C(=O)CCCC/C=C/C(C)C)C(=O)CCCC/C=C/C(C)C)ccc1O. The number of allylic oxidation sites excluding steroid dienone is 4. The molecule has 184 valence electrons. The van der Waals surface area contributed by atoms with Crippen molar-refractivity contribution in [1.29, 1.82) is 0 Å². The number of rotatable bonds is 15. The number of hydrogen-bond acceptors (Lipinski definition) is 4. The van der Waals surface area contributed by atoms with Gasteiger partial charge in [-0.25, -0.2) is 0 Å². The molecule has 0 aliphatic carbocycles. The van der Waals surface area contributed by atoms with Crippen LogP contribution in [0.15, 0.2) is 42.5 Å². The molecule has 5 heteroatoms. The van der Waals surface area contributed by atoms with E-state index in [1.807, 2.05) is 0 Å². The van der Waals surface area contributed by atoms with Crippen LogP contribution in [-0.4, -0.2) is 28.9 Å². The number of aromatic hydroxyl groups is 1. The second-order valence-electron chi connectivity index (χ2n) is 9.22. The van der Waals surface area contributed by atoms with Crippen molar-refractivity contribution in [2.45, 2.75) is 85.6 Å². The number of unbranched alkanes of at least 4 members (excludes halogenated alkanes) is 4. The van der Waals surface area contributed by atoms with E-state index in [0.717, 1.165) is 44.1 Å². The fourth-order valence-corrected chi connectivity index (χ4v) is 3.40. The summed E-state index contributed by atoms with van der Waals surface area (Å²) in [5.41, 5.74) is 0.756. The molecule has 0 saturated carbocycles. The van der Waals surface area contributed by atoms with Crippen LogP contribution in [0.5, 0.6) is 11.5 Å². The zero-order valence-corrected chi connectivity index (χ0v) is 21.2. The molecule has 0 atom stereocenters. The second-order valence-corrected chi connectivity index (χ2v) is 9.22. The summed E-state index contributed by atoms with van der Waals surface area (Å²) in [7, 11) is 1.48. The first-order valence-corrected chi connectivity index (χ1v) is 12.3. The Morgan fingerprint density at radius 2 is 1.42 bits per heavy atom. The number of imide groups is 1. The smallest absolute Gasteiger partial charge is 0.229 e. The number of phenolic OH excluding ortho intramolecular Hbond substituents is 1. The number of ether oxygens (including phenoxy) is 1. The molecule has 33 heavy (non-hydrogen) atoms. The van der Waals surface area contributed by atoms with E-state index in [1.54, 1.807) is 12.1 Å². The number of benzene rings is 1. The number of carbonyl (C=O) groups excluding carboxylic acids is 2. The third kappa shape index (κ3) is 12.3. The summed E-state index contributed by atoms with van der Waals surface area (Å²) in [4.78, 5) is 27.3. The number of methoxy groups -OCH3 is 1. The van der Waals surface area contributed by atoms with Crippen molar-refractivity contribution >= 4 is 11.8 Å². The van der Waals surface area contributed by atoms with Crippen LogP contribution in [0.2, 0.25) is 0 Å². The Labute approximate surface area is 200 Å². The van der Waals surface area contributed by atoms with Gasteiger partial charge in [0, 0.05) is 12.8 Å². The molecule has 0 radical (unpaired) electrons. The topological polar surface area (TPSA) is 66.8 Å². The van der Waals surface area contributed by atoms with Crippen molar-refractivity contribution in [2.75, 3.05) is 7.11 Å². The maximum Gasteiger partial charge on any atom is 0.229 e. The molecule has 0 unspecified atom stereocenters. The molecular formula is C28H43NO4. The number of hydrogen-bond donors (Lipinski definition) is 1. The highest BCUT2D eigenvalue weighted by Crippen LogP contribution is 2.27. The lowest BCUT2D eigenvalue weighted by Gasteiger charge is -2.21. The average Bonchev–Trinajstić information content (AvgIpc) is 2.77. The number of carbonyl (C=O) groups is 2. The molecule has 0 bridgehead atoms. The first kappa shape index (κ1) is 28.5. The molecule has 1 aromatic carbocycles. The van der Waals surface area contributed by atoms with E-state index in [1.165, 1.54) is 18.1 Å². The van der Waals surface area contributed by atoms with Crippen molar-refractivity contribution in [3.05, 3.63) is 48.1 Å². The van der Waals surface area contributed by atoms with Gasteiger partial charge in [0.2, 0.25) is 11.8 Å². The van der Waals surface area contributed by atoms with E-state index >= 15 is 0 Å². The predicted molar refractivity (Wildman–Crippen MR) is 135 cm³/mol. The van der Waals surface area contributed by atoms with Crippen molar-refractivity contribution in [2.24, 2.45) is 11.8 Å². The van der Waals surface area contributed by atoms with Crippen molar-refractivity contribution in [3.63, 3.8) is 0 Å². The molecule has 0 aliphatic heterocycles. The third-order valence-corrected chi connectivity index (χ3v) is 5.25. The first-order chi connectivity index (χ1) is 15.7. The molecule has 1 N–H and O–H groups in total. The minimum atomic E-state index is -0.139. The molecule has 1 aromatic rings. The molecule has 2 amide bonds. The Hall–Kier alpha value is -2.56. The summed E-state index contributed by atoms with van der Waals surface area (Å²) in [5.74, 6) is 1.15. The van der Waals surface area contributed by atoms with E-state index in [9.17, 15) is 14.7 Å². The highest BCUT2D eigenvalue weighted by atomic mass is 16.5. The van der Waals surface area contributed by atoms with Gasteiger partial charge in [0.15, 0.2) is 11.5 Å². The van der Waals surface area contributed by atoms with Crippen LogP contribution in [0.4, 0.5) is 0 Å². The van der Waals surface area contributed by atoms with Crippen molar-refractivity contribution in [3.8, 4) is 11.5 Å². The van der Waals surface area contributed by atoms with Gasteiger partial charge in [-0.1, -0.05) is 58.1 Å². The van der Waals surface area contributed by atoms with Gasteiger partial charge >= 0.3 is 0 Å². The zero-order chi connectivity index (χ0) is 24.6. The van der Waals surface area contributed by atoms with Gasteiger partial charge in [-0.15, -0.1) is 0 Å². The van der Waals surface area contributed by atoms with Gasteiger partial charge in [-0.3, -0.25) is 14.5 Å². The molecule has 0 fully saturated rings. The summed E-state index contributed by atoms with van der Waals surface area (Å²) in [6.45, 7) is 8.75. The minimum absolute atomic E-state index is 0.0364. The van der Waals surface area contributed by atoms with E-state index in [-0.39, 0.29) is 24.1 Å². The van der Waals surface area contributed by atoms with Crippen LogP contribution in [0, 0.1) is 11.8 Å². The van der Waals surface area contributed by atoms with Crippen LogP contribution in [0.25, 0.3) is 0 Å². The molecule has 0 spiro atoms. The number of amides is 2. The van der Waals surface area contributed by atoms with Crippen LogP contribution in [0.1, 0.15) is 84.6 Å². The lowest BCUT2D eigenvalue weighted by Crippen LogP contribution is -2.36. The molecule has 0 heterocycles. The van der Waals surface area contributed by atoms with E-state index in [4.69, 9.17) is 4.74 Å². The Kier molecular flexibility index (Phi) is 13.9. The highest BCUT2D eigenvalue weighted by Gasteiger charge is 2.21. The summed E-state index contributed by atoms with van der Waals surface area (Å²) < 4.78 is 5.18. The Morgan fingerprint density at radius 3 is 1.88 bits per heavy atom. The quantitative estimate of drug-likeness (QED) is 0.232. The summed E-state index contributed by atoms with van der Waals surface area (Å²) in [6, 6.07) is 4.93. The maximum absolute atomic E-state index is 13.0. The maximum atomic E-state index is 13.0. The number of phenols is 1. The van der Waals surface area contributed by atoms with Crippen LogP contribution in [-0.2, 0) is 16.1 Å². The van der Waals surface area contributed by atoms with Crippen LogP contribution in [0.3, 0.4) is 0 Å². The number of nitrogens with zero attached hydrogens (tertiary/aromatic N) is 1. The molecule has 0 aromatic heterocycles. The fourth-order valence-electron chi connectivity index (χ4n) is 3.40. The monoisotopic (exact) mass is 457 g/mol. The highest BCUT2D eigenvalue weighted by molar-refractivity contribution is 5.95. The van der Waals surface area contributed by atoms with Gasteiger partial charge in [-0.2, -0.15) is 0 Å². The van der Waals surface area contributed by atoms with E-state index in [0.29, 0.717) is 30.4 Å². The fraction of sp³-hybridized carbons (Fsp3) is 0.571. The van der Waals surface area contributed by atoms with Gasteiger partial charge < -0.3 is 9.84 Å².